The smallest absolute Gasteiger partial charge is 0.122 e. The summed E-state index contributed by atoms with van der Waals surface area (Å²) in [4.78, 5) is 5.57. The molecule has 1 rings (SSSR count). The Labute approximate surface area is 89.0 Å². The molecule has 1 aromatic rings. The largest absolute Gasteiger partial charge is 0.386 e. The maximum atomic E-state index is 9.74. The molecule has 0 radical (unpaired) electrons. The fourth-order valence-corrected chi connectivity index (χ4v) is 2.46. The number of rotatable bonds is 5. The maximum absolute atomic E-state index is 9.74. The Morgan fingerprint density at radius 1 is 1.57 bits per heavy atom. The molecule has 14 heavy (non-hydrogen) atoms. The van der Waals surface area contributed by atoms with Crippen LogP contribution in [0.25, 0.3) is 0 Å². The molecule has 0 aromatic carbocycles. The van der Waals surface area contributed by atoms with Crippen LogP contribution in [0.3, 0.4) is 0 Å². The molecule has 80 valence electrons. The Bertz CT molecular complexity index is 286. The van der Waals surface area contributed by atoms with E-state index < -0.39 is 6.10 Å². The highest BCUT2D eigenvalue weighted by molar-refractivity contribution is 7.11. The maximum Gasteiger partial charge on any atom is 0.122 e. The summed E-state index contributed by atoms with van der Waals surface area (Å²) in [6.45, 7) is 4.68. The van der Waals surface area contributed by atoms with Gasteiger partial charge in [-0.1, -0.05) is 13.3 Å². The van der Waals surface area contributed by atoms with Crippen LogP contribution < -0.4 is 5.73 Å². The van der Waals surface area contributed by atoms with Crippen molar-refractivity contribution in [2.75, 3.05) is 6.54 Å². The van der Waals surface area contributed by atoms with E-state index in [4.69, 9.17) is 5.73 Å². The summed E-state index contributed by atoms with van der Waals surface area (Å²) in [5.74, 6) is 0. The van der Waals surface area contributed by atoms with E-state index in [0.29, 0.717) is 6.54 Å². The average molecular weight is 214 g/mol. The molecule has 1 heterocycles. The first-order valence-electron chi connectivity index (χ1n) is 5.03. The third kappa shape index (κ3) is 2.77. The molecule has 3 nitrogen and oxygen atoms in total. The lowest BCUT2D eigenvalue weighted by molar-refractivity contribution is 0.166. The van der Waals surface area contributed by atoms with E-state index in [9.17, 15) is 5.11 Å². The molecular formula is C10H18N2OS. The molecule has 0 aliphatic heterocycles. The van der Waals surface area contributed by atoms with E-state index in [1.165, 1.54) is 4.88 Å². The van der Waals surface area contributed by atoms with Crippen molar-refractivity contribution in [1.82, 2.24) is 4.98 Å². The van der Waals surface area contributed by atoms with Crippen LogP contribution in [0, 0.1) is 6.92 Å². The Morgan fingerprint density at radius 3 is 2.86 bits per heavy atom. The number of aliphatic hydroxyl groups excluding tert-OH is 1. The second kappa shape index (κ2) is 5.44. The molecule has 0 bridgehead atoms. The topological polar surface area (TPSA) is 59.1 Å². The lowest BCUT2D eigenvalue weighted by atomic mass is 10.2. The zero-order valence-corrected chi connectivity index (χ0v) is 9.60. The van der Waals surface area contributed by atoms with E-state index in [2.05, 4.69) is 11.9 Å². The predicted molar refractivity (Wildman–Crippen MR) is 59.5 cm³/mol. The number of aryl methyl sites for hydroxylation is 1. The second-order valence-electron chi connectivity index (χ2n) is 3.40. The third-order valence-electron chi connectivity index (χ3n) is 2.13. The standard InChI is InChI=1S/C10H18N2OS/c1-3-4-8(13)10-12-7(2)9(14-10)5-6-11/h8,13H,3-6,11H2,1-2H3. The summed E-state index contributed by atoms with van der Waals surface area (Å²) < 4.78 is 0. The van der Waals surface area contributed by atoms with Crippen molar-refractivity contribution in [3.63, 3.8) is 0 Å². The number of thiazole rings is 1. The number of hydrogen-bond donors (Lipinski definition) is 2. The first-order valence-corrected chi connectivity index (χ1v) is 5.85. The van der Waals surface area contributed by atoms with Crippen molar-refractivity contribution in [3.8, 4) is 0 Å². The minimum absolute atomic E-state index is 0.393. The van der Waals surface area contributed by atoms with Gasteiger partial charge in [0.1, 0.15) is 11.1 Å². The van der Waals surface area contributed by atoms with E-state index in [1.807, 2.05) is 6.92 Å². The monoisotopic (exact) mass is 214 g/mol. The van der Waals surface area contributed by atoms with Crippen LogP contribution in [0.15, 0.2) is 0 Å². The third-order valence-corrected chi connectivity index (χ3v) is 3.45. The summed E-state index contributed by atoms with van der Waals surface area (Å²) in [5, 5.41) is 10.6. The van der Waals surface area contributed by atoms with Crippen LogP contribution >= 0.6 is 11.3 Å². The van der Waals surface area contributed by atoms with Gasteiger partial charge in [-0.2, -0.15) is 0 Å². The van der Waals surface area contributed by atoms with E-state index in [0.717, 1.165) is 30.0 Å². The van der Waals surface area contributed by atoms with Gasteiger partial charge >= 0.3 is 0 Å². The fourth-order valence-electron chi connectivity index (χ4n) is 1.35. The average Bonchev–Trinajstić information content (AvgIpc) is 2.49. The van der Waals surface area contributed by atoms with Gasteiger partial charge in [-0.25, -0.2) is 4.98 Å². The highest BCUT2D eigenvalue weighted by Gasteiger charge is 2.13. The van der Waals surface area contributed by atoms with Gasteiger partial charge in [-0.3, -0.25) is 0 Å². The summed E-state index contributed by atoms with van der Waals surface area (Å²) >= 11 is 1.59. The van der Waals surface area contributed by atoms with Gasteiger partial charge in [0.05, 0.1) is 5.69 Å². The van der Waals surface area contributed by atoms with Crippen molar-refractivity contribution < 1.29 is 5.11 Å². The molecule has 0 spiro atoms. The van der Waals surface area contributed by atoms with Crippen molar-refractivity contribution in [3.05, 3.63) is 15.6 Å². The Balaban J connectivity index is 2.74. The molecule has 0 amide bonds. The predicted octanol–water partition coefficient (Wildman–Crippen LogP) is 1.79. The van der Waals surface area contributed by atoms with Gasteiger partial charge in [-0.05, 0) is 26.3 Å². The SMILES string of the molecule is CCCC(O)c1nc(C)c(CCN)s1. The minimum Gasteiger partial charge on any atom is -0.386 e. The van der Waals surface area contributed by atoms with Crippen LogP contribution in [0.5, 0.6) is 0 Å². The summed E-state index contributed by atoms with van der Waals surface area (Å²) in [6.07, 6.45) is 2.24. The highest BCUT2D eigenvalue weighted by Crippen LogP contribution is 2.26. The van der Waals surface area contributed by atoms with E-state index in [1.54, 1.807) is 11.3 Å². The molecule has 4 heteroatoms. The molecular weight excluding hydrogens is 196 g/mol. The lowest BCUT2D eigenvalue weighted by Gasteiger charge is -2.03. The van der Waals surface area contributed by atoms with Crippen molar-refractivity contribution in [2.45, 2.75) is 39.2 Å². The summed E-state index contributed by atoms with van der Waals surface area (Å²) in [5.41, 5.74) is 6.51. The Morgan fingerprint density at radius 2 is 2.29 bits per heavy atom. The normalized spacial score (nSPS) is 13.1. The Kier molecular flexibility index (Phi) is 4.51. The number of aromatic nitrogens is 1. The number of nitrogens with zero attached hydrogens (tertiary/aromatic N) is 1. The van der Waals surface area contributed by atoms with Gasteiger partial charge in [0.2, 0.25) is 0 Å². The molecule has 1 aromatic heterocycles. The molecule has 1 unspecified atom stereocenters. The Hall–Kier alpha value is -0.450. The summed E-state index contributed by atoms with van der Waals surface area (Å²) in [6, 6.07) is 0. The van der Waals surface area contributed by atoms with Gasteiger partial charge in [0.25, 0.3) is 0 Å². The first-order chi connectivity index (χ1) is 6.69. The minimum atomic E-state index is -0.393. The molecule has 0 fully saturated rings. The van der Waals surface area contributed by atoms with E-state index in [-0.39, 0.29) is 0 Å². The van der Waals surface area contributed by atoms with Crippen LogP contribution in [0.2, 0.25) is 0 Å². The second-order valence-corrected chi connectivity index (χ2v) is 4.52. The van der Waals surface area contributed by atoms with Crippen LogP contribution in [-0.4, -0.2) is 16.6 Å². The number of aliphatic hydroxyl groups is 1. The van der Waals surface area contributed by atoms with Gasteiger partial charge < -0.3 is 10.8 Å². The zero-order valence-electron chi connectivity index (χ0n) is 8.79. The van der Waals surface area contributed by atoms with Crippen LogP contribution in [-0.2, 0) is 6.42 Å². The van der Waals surface area contributed by atoms with Gasteiger partial charge in [0.15, 0.2) is 0 Å². The quantitative estimate of drug-likeness (QED) is 0.785. The van der Waals surface area contributed by atoms with Gasteiger partial charge in [0, 0.05) is 4.88 Å². The molecule has 0 saturated carbocycles. The highest BCUT2D eigenvalue weighted by atomic mass is 32.1. The molecule has 3 N–H and O–H groups in total. The van der Waals surface area contributed by atoms with Crippen molar-refractivity contribution >= 4 is 11.3 Å². The summed E-state index contributed by atoms with van der Waals surface area (Å²) in [7, 11) is 0. The van der Waals surface area contributed by atoms with E-state index >= 15 is 0 Å². The van der Waals surface area contributed by atoms with Crippen LogP contribution in [0.4, 0.5) is 0 Å². The number of nitrogens with two attached hydrogens (primary N) is 1. The van der Waals surface area contributed by atoms with Crippen molar-refractivity contribution in [2.24, 2.45) is 5.73 Å². The lowest BCUT2D eigenvalue weighted by Crippen LogP contribution is -2.01. The van der Waals surface area contributed by atoms with Crippen LogP contribution in [0.1, 0.15) is 41.4 Å². The molecule has 0 saturated heterocycles. The van der Waals surface area contributed by atoms with Gasteiger partial charge in [-0.15, -0.1) is 11.3 Å². The van der Waals surface area contributed by atoms with Crippen molar-refractivity contribution in [1.29, 1.82) is 0 Å². The molecule has 1 atom stereocenters. The first kappa shape index (κ1) is 11.6. The number of hydrogen-bond acceptors (Lipinski definition) is 4. The molecule has 0 aliphatic rings. The molecule has 0 aliphatic carbocycles. The fraction of sp³-hybridized carbons (Fsp3) is 0.700. The zero-order chi connectivity index (χ0) is 10.6.